The minimum absolute atomic E-state index is 0.207. The van der Waals surface area contributed by atoms with E-state index in [-0.39, 0.29) is 11.9 Å². The van der Waals surface area contributed by atoms with Crippen LogP contribution in [0.1, 0.15) is 35.1 Å². The number of hydrogen-bond donors (Lipinski definition) is 2. The number of nitrogens with zero attached hydrogens (tertiary/aromatic N) is 3. The lowest BCUT2D eigenvalue weighted by Crippen LogP contribution is -3.13. The van der Waals surface area contributed by atoms with Crippen molar-refractivity contribution in [3.05, 3.63) is 33.6 Å². The van der Waals surface area contributed by atoms with Crippen LogP contribution in [0.3, 0.4) is 0 Å². The summed E-state index contributed by atoms with van der Waals surface area (Å²) in [5.41, 5.74) is 0. The van der Waals surface area contributed by atoms with Gasteiger partial charge >= 0.3 is 0 Å². The average molecular weight is 321 g/mol. The first-order chi connectivity index (χ1) is 10.3. The molecule has 21 heavy (non-hydrogen) atoms. The van der Waals surface area contributed by atoms with Gasteiger partial charge in [-0.15, -0.1) is 11.3 Å². The van der Waals surface area contributed by atoms with Gasteiger partial charge in [0.15, 0.2) is 6.04 Å². The number of quaternary nitrogens is 1. The summed E-state index contributed by atoms with van der Waals surface area (Å²) in [5.74, 6) is 0.254. The third-order valence-electron chi connectivity index (χ3n) is 4.13. The molecule has 5 nitrogen and oxygen atoms in total. The number of hydrogen-bond acceptors (Lipinski definition) is 5. The van der Waals surface area contributed by atoms with E-state index in [0.717, 1.165) is 22.9 Å². The molecule has 1 fully saturated rings. The van der Waals surface area contributed by atoms with Gasteiger partial charge in [-0.25, -0.2) is 4.98 Å². The lowest BCUT2D eigenvalue weighted by atomic mass is 10.1. The molecule has 2 N–H and O–H groups in total. The van der Waals surface area contributed by atoms with Gasteiger partial charge in [0.05, 0.1) is 18.0 Å². The molecule has 1 aliphatic rings. The minimum atomic E-state index is 0.207. The van der Waals surface area contributed by atoms with E-state index in [1.807, 2.05) is 0 Å². The molecule has 0 aromatic carbocycles. The zero-order valence-corrected chi connectivity index (χ0v) is 13.2. The van der Waals surface area contributed by atoms with E-state index in [9.17, 15) is 5.11 Å². The molecule has 3 aromatic rings. The molecule has 0 unspecified atom stereocenters. The highest BCUT2D eigenvalue weighted by Gasteiger charge is 2.33. The maximum atomic E-state index is 10.5. The van der Waals surface area contributed by atoms with Crippen LogP contribution >= 0.6 is 22.7 Å². The van der Waals surface area contributed by atoms with Crippen LogP contribution in [0.2, 0.25) is 0 Å². The van der Waals surface area contributed by atoms with Gasteiger partial charge in [0.25, 0.3) is 0 Å². The topological polar surface area (TPSA) is 54.9 Å². The fraction of sp³-hybridized carbons (Fsp3) is 0.429. The fourth-order valence-corrected chi connectivity index (χ4v) is 5.22. The smallest absolute Gasteiger partial charge is 0.235 e. The normalized spacial score (nSPS) is 18.3. The predicted molar refractivity (Wildman–Crippen MR) is 83.2 cm³/mol. The molecule has 1 aliphatic heterocycles. The molecule has 0 spiro atoms. The second-order valence-electron chi connectivity index (χ2n) is 5.41. The minimum Gasteiger partial charge on any atom is -0.492 e. The van der Waals surface area contributed by atoms with Crippen LogP contribution in [-0.4, -0.2) is 32.8 Å². The Morgan fingerprint density at radius 2 is 2.14 bits per heavy atom. The first-order valence-corrected chi connectivity index (χ1v) is 8.93. The summed E-state index contributed by atoms with van der Waals surface area (Å²) in [4.78, 5) is 8.83. The Bertz CT molecular complexity index is 727. The molecule has 0 bridgehead atoms. The van der Waals surface area contributed by atoms with Crippen LogP contribution in [0, 0.1) is 0 Å². The number of fused-ring (bicyclic) bond motifs is 1. The molecular weight excluding hydrogens is 304 g/mol. The zero-order chi connectivity index (χ0) is 14.2. The van der Waals surface area contributed by atoms with E-state index in [4.69, 9.17) is 0 Å². The van der Waals surface area contributed by atoms with Gasteiger partial charge in [-0.2, -0.15) is 9.61 Å². The molecule has 3 aromatic heterocycles. The lowest BCUT2D eigenvalue weighted by molar-refractivity contribution is -0.929. The van der Waals surface area contributed by atoms with Gasteiger partial charge in [-0.05, 0) is 30.7 Å². The van der Waals surface area contributed by atoms with Crippen LogP contribution in [-0.2, 0) is 0 Å². The molecule has 4 rings (SSSR count). The quantitative estimate of drug-likeness (QED) is 0.772. The Morgan fingerprint density at radius 1 is 1.29 bits per heavy atom. The summed E-state index contributed by atoms with van der Waals surface area (Å²) >= 11 is 3.32. The molecule has 0 amide bonds. The maximum Gasteiger partial charge on any atom is 0.235 e. The Kier molecular flexibility index (Phi) is 3.40. The molecule has 1 saturated heterocycles. The fourth-order valence-electron chi connectivity index (χ4n) is 3.15. The number of rotatable bonds is 3. The SMILES string of the molecule is Oc1c([C@H](c2cccs2)[NH+]2CCCCC2)sc2ncnn12. The van der Waals surface area contributed by atoms with Gasteiger partial charge in [-0.1, -0.05) is 17.4 Å². The van der Waals surface area contributed by atoms with Crippen LogP contribution in [0.4, 0.5) is 0 Å². The van der Waals surface area contributed by atoms with Gasteiger partial charge in [0.2, 0.25) is 10.8 Å². The van der Waals surface area contributed by atoms with Crippen molar-refractivity contribution in [1.82, 2.24) is 14.6 Å². The van der Waals surface area contributed by atoms with E-state index in [1.165, 1.54) is 30.5 Å². The van der Waals surface area contributed by atoms with Crippen LogP contribution in [0.5, 0.6) is 5.88 Å². The molecule has 7 heteroatoms. The number of nitrogens with one attached hydrogen (secondary N) is 1. The van der Waals surface area contributed by atoms with Crippen molar-refractivity contribution in [3.63, 3.8) is 0 Å². The number of aromatic nitrogens is 3. The second kappa shape index (κ2) is 5.40. The summed E-state index contributed by atoms with van der Waals surface area (Å²) in [7, 11) is 0. The largest absolute Gasteiger partial charge is 0.492 e. The maximum absolute atomic E-state index is 10.5. The lowest BCUT2D eigenvalue weighted by Gasteiger charge is -2.30. The van der Waals surface area contributed by atoms with Crippen molar-refractivity contribution >= 4 is 27.6 Å². The van der Waals surface area contributed by atoms with Crippen molar-refractivity contribution in [2.75, 3.05) is 13.1 Å². The summed E-state index contributed by atoms with van der Waals surface area (Å²) in [6.45, 7) is 2.32. The molecule has 0 saturated carbocycles. The highest BCUT2D eigenvalue weighted by molar-refractivity contribution is 7.17. The summed E-state index contributed by atoms with van der Waals surface area (Å²) in [6, 6.07) is 4.47. The number of piperidine rings is 1. The molecule has 0 aliphatic carbocycles. The first kappa shape index (κ1) is 13.2. The molecule has 4 heterocycles. The average Bonchev–Trinajstić information content (AvgIpc) is 3.22. The highest BCUT2D eigenvalue weighted by Crippen LogP contribution is 2.36. The van der Waals surface area contributed by atoms with E-state index >= 15 is 0 Å². The van der Waals surface area contributed by atoms with E-state index in [0.29, 0.717) is 0 Å². The van der Waals surface area contributed by atoms with Crippen molar-refractivity contribution in [3.8, 4) is 5.88 Å². The van der Waals surface area contributed by atoms with Gasteiger partial charge in [0.1, 0.15) is 11.2 Å². The Labute approximate surface area is 130 Å². The Hall–Kier alpha value is -1.44. The summed E-state index contributed by atoms with van der Waals surface area (Å²) in [6.07, 6.45) is 5.34. The summed E-state index contributed by atoms with van der Waals surface area (Å²) < 4.78 is 1.55. The highest BCUT2D eigenvalue weighted by atomic mass is 32.1. The van der Waals surface area contributed by atoms with Crippen molar-refractivity contribution in [2.45, 2.75) is 25.3 Å². The molecule has 0 radical (unpaired) electrons. The van der Waals surface area contributed by atoms with Crippen molar-refractivity contribution < 1.29 is 10.0 Å². The third kappa shape index (κ3) is 2.25. The van der Waals surface area contributed by atoms with E-state index < -0.39 is 0 Å². The molecule has 110 valence electrons. The second-order valence-corrected chi connectivity index (χ2v) is 7.40. The number of thiophene rings is 1. The third-order valence-corrected chi connectivity index (χ3v) is 6.17. The number of thiazole rings is 1. The van der Waals surface area contributed by atoms with Crippen LogP contribution in [0.25, 0.3) is 4.96 Å². The molecular formula is C14H17N4OS2+. The zero-order valence-electron chi connectivity index (χ0n) is 11.5. The van der Waals surface area contributed by atoms with Gasteiger partial charge < -0.3 is 10.0 Å². The Balaban J connectivity index is 1.81. The van der Waals surface area contributed by atoms with Crippen molar-refractivity contribution in [1.29, 1.82) is 0 Å². The van der Waals surface area contributed by atoms with Crippen molar-refractivity contribution in [2.24, 2.45) is 0 Å². The number of aromatic hydroxyl groups is 1. The molecule has 1 atom stereocenters. The van der Waals surface area contributed by atoms with Gasteiger partial charge in [-0.3, -0.25) is 0 Å². The summed E-state index contributed by atoms with van der Waals surface area (Å²) in [5, 5.41) is 16.8. The van der Waals surface area contributed by atoms with E-state index in [2.05, 4.69) is 27.6 Å². The monoisotopic (exact) mass is 321 g/mol. The van der Waals surface area contributed by atoms with Crippen LogP contribution < -0.4 is 4.90 Å². The predicted octanol–water partition coefficient (Wildman–Crippen LogP) is 1.72. The van der Waals surface area contributed by atoms with Crippen LogP contribution in [0.15, 0.2) is 23.8 Å². The number of likely N-dealkylation sites (tertiary alicyclic amines) is 1. The Morgan fingerprint density at radius 3 is 2.86 bits per heavy atom. The standard InChI is InChI=1S/C14H16N4OS2/c19-13-12(21-14-15-9-16-18(13)14)11(10-5-4-8-20-10)17-6-2-1-3-7-17/h4-5,8-9,11,19H,1-3,6-7H2/p+1/t11-/m0/s1. The van der Waals surface area contributed by atoms with Gasteiger partial charge in [0, 0.05) is 0 Å². The first-order valence-electron chi connectivity index (χ1n) is 7.24. The van der Waals surface area contributed by atoms with E-state index in [1.54, 1.807) is 32.1 Å².